The van der Waals surface area contributed by atoms with Crippen LogP contribution < -0.4 is 11.3 Å². The third-order valence-electron chi connectivity index (χ3n) is 5.93. The summed E-state index contributed by atoms with van der Waals surface area (Å²) in [4.78, 5) is 32.9. The topological polar surface area (TPSA) is 218 Å². The fraction of sp³-hybridized carbons (Fsp3) is 0.737. The van der Waals surface area contributed by atoms with Gasteiger partial charge in [0.1, 0.15) is 18.3 Å². The molecule has 0 aliphatic carbocycles. The van der Waals surface area contributed by atoms with Crippen LogP contribution in [0.2, 0.25) is 0 Å². The lowest BCUT2D eigenvalue weighted by Gasteiger charge is -2.27. The zero-order valence-corrected chi connectivity index (χ0v) is 22.9. The first-order valence-electron chi connectivity index (χ1n) is 11.5. The molecule has 208 valence electrons. The maximum absolute atomic E-state index is 12.6. The molecule has 5 N–H and O–H groups in total. The SMILES string of the molecule is CCOC(C)(C)CCS(=O)(=O)CCSc1nc2c(=O)[nH]c(N)nc2n1C1OC2COP(=O)(O)OC2C1O. The number of nitrogens with zero attached hydrogens (tertiary/aromatic N) is 3. The summed E-state index contributed by atoms with van der Waals surface area (Å²) in [5.41, 5.74) is 4.38. The van der Waals surface area contributed by atoms with E-state index in [1.54, 1.807) is 0 Å². The van der Waals surface area contributed by atoms with Gasteiger partial charge >= 0.3 is 7.82 Å². The Balaban J connectivity index is 1.57. The predicted octanol–water partition coefficient (Wildman–Crippen LogP) is 0.188. The number of nitrogen functional groups attached to an aromatic ring is 1. The molecule has 2 aromatic heterocycles. The molecule has 2 fully saturated rings. The summed E-state index contributed by atoms with van der Waals surface area (Å²) in [6, 6.07) is 0. The number of H-pyrrole nitrogens is 1. The van der Waals surface area contributed by atoms with Crippen molar-refractivity contribution in [3.05, 3.63) is 10.4 Å². The first-order valence-corrected chi connectivity index (χ1v) is 15.8. The fourth-order valence-electron chi connectivity index (χ4n) is 4.09. The second-order valence-electron chi connectivity index (χ2n) is 9.22. The number of anilines is 1. The number of ether oxygens (including phenoxy) is 2. The van der Waals surface area contributed by atoms with Gasteiger partial charge in [-0.2, -0.15) is 4.98 Å². The highest BCUT2D eigenvalue weighted by atomic mass is 32.2. The van der Waals surface area contributed by atoms with Crippen LogP contribution in [-0.4, -0.2) is 92.3 Å². The van der Waals surface area contributed by atoms with Gasteiger partial charge in [-0.25, -0.2) is 18.0 Å². The Hall–Kier alpha value is -1.56. The van der Waals surface area contributed by atoms with Gasteiger partial charge in [0.25, 0.3) is 5.56 Å². The van der Waals surface area contributed by atoms with Crippen molar-refractivity contribution in [2.24, 2.45) is 0 Å². The number of nitrogens with two attached hydrogens (primary N) is 1. The average molecular weight is 584 g/mol. The van der Waals surface area contributed by atoms with Crippen LogP contribution in [0.25, 0.3) is 11.2 Å². The number of aliphatic hydroxyl groups is 1. The summed E-state index contributed by atoms with van der Waals surface area (Å²) in [5, 5.41) is 11.0. The van der Waals surface area contributed by atoms with E-state index >= 15 is 0 Å². The molecule has 2 aliphatic rings. The van der Waals surface area contributed by atoms with Crippen molar-refractivity contribution in [2.75, 3.05) is 36.2 Å². The number of aliphatic hydroxyl groups excluding tert-OH is 1. The van der Waals surface area contributed by atoms with E-state index in [2.05, 4.69) is 15.0 Å². The Morgan fingerprint density at radius 3 is 2.78 bits per heavy atom. The number of phosphoric acid groups is 1. The quantitative estimate of drug-likeness (QED) is 0.217. The lowest BCUT2D eigenvalue weighted by atomic mass is 10.1. The molecule has 4 heterocycles. The van der Waals surface area contributed by atoms with Crippen molar-refractivity contribution in [3.63, 3.8) is 0 Å². The summed E-state index contributed by atoms with van der Waals surface area (Å²) in [7, 11) is -7.81. The molecule has 15 nitrogen and oxygen atoms in total. The van der Waals surface area contributed by atoms with Crippen LogP contribution in [0, 0.1) is 0 Å². The molecule has 2 aliphatic heterocycles. The molecule has 5 atom stereocenters. The molecule has 5 unspecified atom stereocenters. The number of nitrogens with one attached hydrogen (secondary N) is 1. The highest BCUT2D eigenvalue weighted by Gasteiger charge is 2.53. The Kier molecular flexibility index (Phi) is 8.11. The largest absolute Gasteiger partial charge is 0.472 e. The van der Waals surface area contributed by atoms with Crippen molar-refractivity contribution in [2.45, 2.75) is 62.5 Å². The van der Waals surface area contributed by atoms with E-state index in [0.717, 1.165) is 11.8 Å². The number of imidazole rings is 1. The summed E-state index contributed by atoms with van der Waals surface area (Å²) < 4.78 is 59.6. The van der Waals surface area contributed by atoms with E-state index in [0.29, 0.717) is 13.0 Å². The molecule has 18 heteroatoms. The van der Waals surface area contributed by atoms with Crippen molar-refractivity contribution < 1.29 is 41.5 Å². The van der Waals surface area contributed by atoms with E-state index in [1.165, 1.54) is 4.57 Å². The zero-order chi connectivity index (χ0) is 27.2. The van der Waals surface area contributed by atoms with Crippen LogP contribution in [0.3, 0.4) is 0 Å². The van der Waals surface area contributed by atoms with Crippen molar-refractivity contribution in [3.8, 4) is 0 Å². The molecule has 2 aromatic rings. The van der Waals surface area contributed by atoms with Crippen LogP contribution in [0.5, 0.6) is 0 Å². The van der Waals surface area contributed by atoms with Crippen LogP contribution >= 0.6 is 19.6 Å². The van der Waals surface area contributed by atoms with Crippen molar-refractivity contribution >= 4 is 46.5 Å². The third-order valence-corrected chi connectivity index (χ3v) is 9.78. The van der Waals surface area contributed by atoms with Crippen LogP contribution in [0.4, 0.5) is 5.95 Å². The number of aromatic amines is 1. The standard InChI is InChI=1S/C19H30N5O10PS2/c1-4-31-19(2,3)5-7-37(29,30)8-6-36-18-21-11-14(22-17(20)23-15(11)26)24(18)16-12(25)13-10(33-16)9-32-35(27,28)34-13/h10,12-13,16,25H,4-9H2,1-3H3,(H,27,28)(H3,20,22,23,26). The van der Waals surface area contributed by atoms with Gasteiger partial charge in [0.15, 0.2) is 32.4 Å². The van der Waals surface area contributed by atoms with Gasteiger partial charge in [0.05, 0.1) is 23.7 Å². The minimum Gasteiger partial charge on any atom is -0.386 e. The van der Waals surface area contributed by atoms with Gasteiger partial charge in [0, 0.05) is 12.4 Å². The number of thioether (sulfide) groups is 1. The second-order valence-corrected chi connectivity index (χ2v) is 14.0. The number of hydrogen-bond acceptors (Lipinski definition) is 13. The van der Waals surface area contributed by atoms with Crippen LogP contribution in [-0.2, 0) is 32.9 Å². The van der Waals surface area contributed by atoms with Crippen LogP contribution in [0.1, 0.15) is 33.4 Å². The number of hydrogen-bond donors (Lipinski definition) is 4. The molecular formula is C19H30N5O10PS2. The highest BCUT2D eigenvalue weighted by Crippen LogP contribution is 2.52. The summed E-state index contributed by atoms with van der Waals surface area (Å²) in [6.07, 6.45) is -4.46. The molecule has 37 heavy (non-hydrogen) atoms. The van der Waals surface area contributed by atoms with Gasteiger partial charge in [0.2, 0.25) is 5.95 Å². The molecule has 4 rings (SSSR count). The highest BCUT2D eigenvalue weighted by molar-refractivity contribution is 8.00. The number of aromatic nitrogens is 4. The minimum absolute atomic E-state index is 0.0131. The van der Waals surface area contributed by atoms with Gasteiger partial charge in [-0.15, -0.1) is 0 Å². The number of rotatable bonds is 10. The number of fused-ring (bicyclic) bond motifs is 2. The minimum atomic E-state index is -4.37. The van der Waals surface area contributed by atoms with Gasteiger partial charge in [-0.05, 0) is 27.2 Å². The molecule has 0 saturated carbocycles. The van der Waals surface area contributed by atoms with Gasteiger partial charge in [-0.3, -0.25) is 23.4 Å². The molecule has 0 amide bonds. The third kappa shape index (κ3) is 6.37. The maximum Gasteiger partial charge on any atom is 0.472 e. The van der Waals surface area contributed by atoms with E-state index in [-0.39, 0.29) is 46.1 Å². The van der Waals surface area contributed by atoms with E-state index < -0.39 is 53.4 Å². The predicted molar refractivity (Wildman–Crippen MR) is 133 cm³/mol. The summed E-state index contributed by atoms with van der Waals surface area (Å²) in [6.45, 7) is 5.66. The normalized spacial score (nSPS) is 28.6. The van der Waals surface area contributed by atoms with E-state index in [9.17, 15) is 27.8 Å². The molecular weight excluding hydrogens is 553 g/mol. The second kappa shape index (κ2) is 10.5. The Labute approximate surface area is 216 Å². The van der Waals surface area contributed by atoms with Gasteiger partial charge < -0.3 is 25.2 Å². The fourth-order valence-corrected chi connectivity index (χ4v) is 8.08. The maximum atomic E-state index is 12.6. The lowest BCUT2D eigenvalue weighted by Crippen LogP contribution is -2.39. The Bertz CT molecular complexity index is 1360. The molecule has 2 saturated heterocycles. The summed E-state index contributed by atoms with van der Waals surface area (Å²) in [5.74, 6) is -0.381. The zero-order valence-electron chi connectivity index (χ0n) is 20.4. The molecule has 0 bridgehead atoms. The van der Waals surface area contributed by atoms with Gasteiger partial charge in [-0.1, -0.05) is 11.8 Å². The summed E-state index contributed by atoms with van der Waals surface area (Å²) >= 11 is 1.02. The lowest BCUT2D eigenvalue weighted by molar-refractivity contribution is -0.0684. The Morgan fingerprint density at radius 1 is 1.35 bits per heavy atom. The smallest absolute Gasteiger partial charge is 0.386 e. The number of sulfone groups is 1. The van der Waals surface area contributed by atoms with Crippen molar-refractivity contribution in [1.82, 2.24) is 19.5 Å². The molecule has 0 spiro atoms. The Morgan fingerprint density at radius 2 is 2.08 bits per heavy atom. The average Bonchev–Trinajstić information content (AvgIpc) is 3.29. The monoisotopic (exact) mass is 583 g/mol. The number of phosphoric ester groups is 1. The van der Waals surface area contributed by atoms with Crippen LogP contribution in [0.15, 0.2) is 9.95 Å². The van der Waals surface area contributed by atoms with E-state index in [1.807, 2.05) is 20.8 Å². The first kappa shape index (κ1) is 28.4. The van der Waals surface area contributed by atoms with E-state index in [4.69, 9.17) is 24.3 Å². The molecule has 0 radical (unpaired) electrons. The molecule has 0 aromatic carbocycles. The van der Waals surface area contributed by atoms with Crippen molar-refractivity contribution in [1.29, 1.82) is 0 Å². The first-order chi connectivity index (χ1) is 17.2.